The van der Waals surface area contributed by atoms with Crippen LogP contribution >= 0.6 is 0 Å². The van der Waals surface area contributed by atoms with Crippen molar-refractivity contribution < 1.29 is 19.8 Å². The zero-order chi connectivity index (χ0) is 15.4. The summed E-state index contributed by atoms with van der Waals surface area (Å²) in [5.74, 6) is -1.62. The van der Waals surface area contributed by atoms with Crippen LogP contribution in [0.2, 0.25) is 0 Å². The summed E-state index contributed by atoms with van der Waals surface area (Å²) in [6.07, 6.45) is 0. The molecule has 2 N–H and O–H groups in total. The van der Waals surface area contributed by atoms with Crippen LogP contribution < -0.4 is 0 Å². The van der Waals surface area contributed by atoms with Gasteiger partial charge in [0.15, 0.2) is 5.78 Å². The number of aromatic hydroxyl groups is 1. The third kappa shape index (κ3) is 1.46. The number of rotatable bonds is 1. The average Bonchev–Trinajstić information content (AvgIpc) is 2.53. The number of fused-ring (bicyclic) bond motifs is 2. The van der Waals surface area contributed by atoms with Gasteiger partial charge in [-0.05, 0) is 17.2 Å². The maximum atomic E-state index is 12.6. The van der Waals surface area contributed by atoms with E-state index in [-0.39, 0.29) is 17.1 Å². The number of hydrogen-bond donors (Lipinski definition) is 2. The third-order valence-corrected chi connectivity index (χ3v) is 4.07. The van der Waals surface area contributed by atoms with Crippen LogP contribution in [-0.4, -0.2) is 22.0 Å². The summed E-state index contributed by atoms with van der Waals surface area (Å²) < 4.78 is 0. The molecule has 0 aliphatic heterocycles. The Balaban J connectivity index is 2.27. The first-order valence-electron chi connectivity index (χ1n) is 6.75. The van der Waals surface area contributed by atoms with Crippen LogP contribution in [0.3, 0.4) is 0 Å². The predicted molar refractivity (Wildman–Crippen MR) is 81.4 cm³/mol. The van der Waals surface area contributed by atoms with Crippen LogP contribution in [0.4, 0.5) is 0 Å². The first kappa shape index (κ1) is 12.6. The van der Waals surface area contributed by atoms with Gasteiger partial charge >= 0.3 is 5.97 Å². The minimum absolute atomic E-state index is 0.115. The molecule has 0 radical (unpaired) electrons. The Hall–Kier alpha value is -3.14. The topological polar surface area (TPSA) is 74.6 Å². The number of carboxylic acid groups (broad SMARTS) is 1. The van der Waals surface area contributed by atoms with Crippen LogP contribution in [0.1, 0.15) is 26.3 Å². The van der Waals surface area contributed by atoms with Crippen molar-refractivity contribution in [1.29, 1.82) is 0 Å². The molecule has 0 fully saturated rings. The zero-order valence-electron chi connectivity index (χ0n) is 11.3. The molecule has 0 heterocycles. The van der Waals surface area contributed by atoms with E-state index in [9.17, 15) is 19.8 Å². The molecule has 1 aliphatic carbocycles. The highest BCUT2D eigenvalue weighted by Gasteiger charge is 2.28. The Morgan fingerprint density at radius 3 is 2.27 bits per heavy atom. The molecule has 4 heteroatoms. The van der Waals surface area contributed by atoms with Gasteiger partial charge in [0.05, 0.1) is 0 Å². The molecule has 0 unspecified atom stereocenters. The molecule has 106 valence electrons. The molecule has 4 nitrogen and oxygen atoms in total. The summed E-state index contributed by atoms with van der Waals surface area (Å²) in [5.41, 5.74) is 2.22. The van der Waals surface area contributed by atoms with Gasteiger partial charge in [0.25, 0.3) is 0 Å². The van der Waals surface area contributed by atoms with Gasteiger partial charge in [-0.3, -0.25) is 4.79 Å². The van der Waals surface area contributed by atoms with E-state index in [1.54, 1.807) is 42.5 Å². The number of carbonyl (C=O) groups excluding carboxylic acids is 1. The maximum Gasteiger partial charge on any atom is 0.339 e. The second-order valence-electron chi connectivity index (χ2n) is 5.23. The SMILES string of the molecule is O=C(O)c1cc2c3c(cccc3c1O)C(=O)c1ccccc1-2. The Morgan fingerprint density at radius 1 is 0.864 bits per heavy atom. The number of phenols is 1. The van der Waals surface area contributed by atoms with Gasteiger partial charge < -0.3 is 10.2 Å². The summed E-state index contributed by atoms with van der Waals surface area (Å²) >= 11 is 0. The standard InChI is InChI=1S/C18H10O4/c19-16-10-5-2-1-4-9(10)13-8-14(18(21)22)17(20)12-7-3-6-11(16)15(12)13/h1-8,20H,(H,21,22). The Labute approximate surface area is 125 Å². The highest BCUT2D eigenvalue weighted by molar-refractivity contribution is 6.27. The lowest BCUT2D eigenvalue weighted by atomic mass is 9.81. The van der Waals surface area contributed by atoms with Crippen molar-refractivity contribution in [3.8, 4) is 16.9 Å². The van der Waals surface area contributed by atoms with Gasteiger partial charge in [-0.15, -0.1) is 0 Å². The Kier molecular flexibility index (Phi) is 2.39. The quantitative estimate of drug-likeness (QED) is 0.563. The van der Waals surface area contributed by atoms with E-state index >= 15 is 0 Å². The van der Waals surface area contributed by atoms with Crippen LogP contribution in [-0.2, 0) is 0 Å². The van der Waals surface area contributed by atoms with Gasteiger partial charge in [-0.25, -0.2) is 4.79 Å². The largest absolute Gasteiger partial charge is 0.506 e. The lowest BCUT2D eigenvalue weighted by Gasteiger charge is -2.21. The third-order valence-electron chi connectivity index (χ3n) is 4.07. The summed E-state index contributed by atoms with van der Waals surface area (Å²) in [5, 5.41) is 20.5. The van der Waals surface area contributed by atoms with E-state index in [4.69, 9.17) is 0 Å². The number of ketones is 1. The van der Waals surface area contributed by atoms with Gasteiger partial charge in [-0.2, -0.15) is 0 Å². The second kappa shape index (κ2) is 4.18. The zero-order valence-corrected chi connectivity index (χ0v) is 11.3. The van der Waals surface area contributed by atoms with Crippen molar-refractivity contribution in [3.05, 3.63) is 65.2 Å². The Morgan fingerprint density at radius 2 is 1.55 bits per heavy atom. The fourth-order valence-electron chi connectivity index (χ4n) is 3.10. The molecule has 0 saturated carbocycles. The van der Waals surface area contributed by atoms with Crippen molar-refractivity contribution in [3.63, 3.8) is 0 Å². The summed E-state index contributed by atoms with van der Waals surface area (Å²) in [7, 11) is 0. The fraction of sp³-hybridized carbons (Fsp3) is 0. The molecule has 0 atom stereocenters. The number of carboxylic acids is 1. The molecule has 0 aromatic heterocycles. The van der Waals surface area contributed by atoms with Crippen LogP contribution in [0.5, 0.6) is 5.75 Å². The van der Waals surface area contributed by atoms with Crippen molar-refractivity contribution >= 4 is 22.5 Å². The summed E-state index contributed by atoms with van der Waals surface area (Å²) in [4.78, 5) is 24.0. The first-order valence-corrected chi connectivity index (χ1v) is 6.75. The monoisotopic (exact) mass is 290 g/mol. The highest BCUT2D eigenvalue weighted by Crippen LogP contribution is 2.43. The highest BCUT2D eigenvalue weighted by atomic mass is 16.4. The maximum absolute atomic E-state index is 12.6. The molecule has 0 bridgehead atoms. The number of aromatic carboxylic acids is 1. The van der Waals surface area contributed by atoms with E-state index in [0.717, 1.165) is 0 Å². The normalized spacial score (nSPS) is 12.3. The molecule has 0 amide bonds. The van der Waals surface area contributed by atoms with Crippen LogP contribution in [0.25, 0.3) is 21.9 Å². The molecular formula is C18H10O4. The smallest absolute Gasteiger partial charge is 0.339 e. The lowest BCUT2D eigenvalue weighted by molar-refractivity contribution is 0.0694. The van der Waals surface area contributed by atoms with Crippen molar-refractivity contribution in [2.75, 3.05) is 0 Å². The van der Waals surface area contributed by atoms with Crippen molar-refractivity contribution in [2.24, 2.45) is 0 Å². The van der Waals surface area contributed by atoms with Crippen molar-refractivity contribution in [1.82, 2.24) is 0 Å². The van der Waals surface area contributed by atoms with Crippen LogP contribution in [0, 0.1) is 0 Å². The molecular weight excluding hydrogens is 280 g/mol. The summed E-state index contributed by atoms with van der Waals surface area (Å²) in [6.45, 7) is 0. The average molecular weight is 290 g/mol. The summed E-state index contributed by atoms with van der Waals surface area (Å²) in [6, 6.07) is 13.5. The van der Waals surface area contributed by atoms with E-state index in [1.165, 1.54) is 6.07 Å². The second-order valence-corrected chi connectivity index (χ2v) is 5.23. The van der Waals surface area contributed by atoms with E-state index < -0.39 is 5.97 Å². The molecule has 22 heavy (non-hydrogen) atoms. The van der Waals surface area contributed by atoms with E-state index in [2.05, 4.69) is 0 Å². The molecule has 0 saturated heterocycles. The van der Waals surface area contributed by atoms with Gasteiger partial charge in [0, 0.05) is 21.9 Å². The fourth-order valence-corrected chi connectivity index (χ4v) is 3.10. The molecule has 0 spiro atoms. The Bertz CT molecular complexity index is 986. The van der Waals surface area contributed by atoms with Gasteiger partial charge in [-0.1, -0.05) is 42.5 Å². The van der Waals surface area contributed by atoms with E-state index in [0.29, 0.717) is 33.0 Å². The lowest BCUT2D eigenvalue weighted by Crippen LogP contribution is -2.11. The minimum atomic E-state index is -1.20. The van der Waals surface area contributed by atoms with E-state index in [1.807, 2.05) is 0 Å². The number of benzene rings is 3. The van der Waals surface area contributed by atoms with Crippen LogP contribution in [0.15, 0.2) is 48.5 Å². The number of hydrogen-bond acceptors (Lipinski definition) is 3. The molecule has 4 rings (SSSR count). The number of carbonyl (C=O) groups is 2. The predicted octanol–water partition coefficient (Wildman–Crippen LogP) is 3.46. The van der Waals surface area contributed by atoms with Gasteiger partial charge in [0.1, 0.15) is 11.3 Å². The van der Waals surface area contributed by atoms with Gasteiger partial charge in [0.2, 0.25) is 0 Å². The molecule has 3 aromatic rings. The molecule has 1 aliphatic rings. The first-order chi connectivity index (χ1) is 10.6. The minimum Gasteiger partial charge on any atom is -0.506 e. The molecule has 3 aromatic carbocycles. The van der Waals surface area contributed by atoms with Crippen molar-refractivity contribution in [2.45, 2.75) is 0 Å².